The molecule has 0 saturated heterocycles. The van der Waals surface area contributed by atoms with Gasteiger partial charge in [-0.2, -0.15) is 0 Å². The van der Waals surface area contributed by atoms with Crippen LogP contribution in [0.3, 0.4) is 0 Å². The molecule has 1 atom stereocenters. The summed E-state index contributed by atoms with van der Waals surface area (Å²) >= 11 is 5.91. The quantitative estimate of drug-likeness (QED) is 0.418. The van der Waals surface area contributed by atoms with Gasteiger partial charge in [-0.1, -0.05) is 37.9 Å². The smallest absolute Gasteiger partial charge is 0.267 e. The van der Waals surface area contributed by atoms with Crippen LogP contribution < -0.4 is 14.8 Å². The Morgan fingerprint density at radius 1 is 1.12 bits per heavy atom. The van der Waals surface area contributed by atoms with Gasteiger partial charge in [-0.05, 0) is 66.9 Å². The van der Waals surface area contributed by atoms with Gasteiger partial charge in [0.15, 0.2) is 4.90 Å². The topological polar surface area (TPSA) is 81.2 Å². The number of ether oxygens (including phenoxy) is 1. The molecule has 34 heavy (non-hydrogen) atoms. The van der Waals surface area contributed by atoms with Gasteiger partial charge in [0.05, 0.1) is 17.8 Å². The standard InChI is InChI=1S/C21H22ClFN3O3PS.C3H8/c1-12-8-14(10-24-13(12)2)4-5-16-17(23)6-7-18(20(16)30)26-31(27,28)19-9-15(22)11-25-21(19)29-3;1-3-2/h6-11,26H,4-5,30H2,1-3H3;3H2,1-2H3. The third kappa shape index (κ3) is 7.11. The number of anilines is 1. The molecule has 1 unspecified atom stereocenters. The van der Waals surface area contributed by atoms with Crippen LogP contribution in [-0.4, -0.2) is 25.5 Å². The highest BCUT2D eigenvalue weighted by molar-refractivity contribution is 7.92. The van der Waals surface area contributed by atoms with E-state index in [9.17, 15) is 12.8 Å². The fourth-order valence-corrected chi connectivity index (χ4v) is 5.05. The van der Waals surface area contributed by atoms with Gasteiger partial charge in [-0.15, -0.1) is 9.24 Å². The van der Waals surface area contributed by atoms with Gasteiger partial charge >= 0.3 is 0 Å². The lowest BCUT2D eigenvalue weighted by molar-refractivity contribution is 0.385. The highest BCUT2D eigenvalue weighted by atomic mass is 35.5. The third-order valence-electron chi connectivity index (χ3n) is 4.87. The molecule has 3 rings (SSSR count). The number of hydrogen-bond acceptors (Lipinski definition) is 5. The Morgan fingerprint density at radius 3 is 2.41 bits per heavy atom. The Morgan fingerprint density at radius 2 is 1.79 bits per heavy atom. The van der Waals surface area contributed by atoms with Crippen LogP contribution in [0.25, 0.3) is 0 Å². The molecule has 10 heteroatoms. The summed E-state index contributed by atoms with van der Waals surface area (Å²) in [5, 5.41) is 0.573. The van der Waals surface area contributed by atoms with Crippen molar-refractivity contribution in [2.45, 2.75) is 51.9 Å². The van der Waals surface area contributed by atoms with Crippen LogP contribution in [0.15, 0.2) is 41.6 Å². The second kappa shape index (κ2) is 12.4. The maximum atomic E-state index is 14.6. The Balaban J connectivity index is 0.00000129. The van der Waals surface area contributed by atoms with Gasteiger partial charge in [0.1, 0.15) is 5.82 Å². The van der Waals surface area contributed by atoms with E-state index < -0.39 is 15.8 Å². The third-order valence-corrected chi connectivity index (χ3v) is 7.10. The molecule has 0 aliphatic rings. The first-order chi connectivity index (χ1) is 16.0. The van der Waals surface area contributed by atoms with Crippen LogP contribution in [0, 0.1) is 19.7 Å². The summed E-state index contributed by atoms with van der Waals surface area (Å²) in [5.41, 5.74) is 3.63. The lowest BCUT2D eigenvalue weighted by atomic mass is 10.0. The highest BCUT2D eigenvalue weighted by Crippen LogP contribution is 2.27. The molecule has 0 spiro atoms. The van der Waals surface area contributed by atoms with Gasteiger partial charge < -0.3 is 4.74 Å². The molecular weight excluding hydrogens is 496 g/mol. The molecule has 1 aromatic carbocycles. The molecule has 1 N–H and O–H groups in total. The summed E-state index contributed by atoms with van der Waals surface area (Å²) in [6, 6.07) is 5.89. The molecule has 0 aliphatic carbocycles. The van der Waals surface area contributed by atoms with Crippen molar-refractivity contribution in [2.24, 2.45) is 0 Å². The second-order valence-corrected chi connectivity index (χ2v) is 10.4. The van der Waals surface area contributed by atoms with Crippen molar-refractivity contribution < 1.29 is 17.5 Å². The van der Waals surface area contributed by atoms with Crippen molar-refractivity contribution in [3.05, 3.63) is 69.9 Å². The van der Waals surface area contributed by atoms with Crippen LogP contribution in [0.4, 0.5) is 10.1 Å². The van der Waals surface area contributed by atoms with E-state index in [2.05, 4.69) is 37.8 Å². The number of rotatable bonds is 7. The average Bonchev–Trinajstić information content (AvgIpc) is 2.78. The van der Waals surface area contributed by atoms with Crippen molar-refractivity contribution in [2.75, 3.05) is 11.8 Å². The predicted octanol–water partition coefficient (Wildman–Crippen LogP) is 5.40. The predicted molar refractivity (Wildman–Crippen MR) is 139 cm³/mol. The first-order valence-corrected chi connectivity index (χ1v) is 13.2. The van der Waals surface area contributed by atoms with Crippen molar-refractivity contribution in [3.8, 4) is 5.88 Å². The monoisotopic (exact) mass is 525 g/mol. The number of aryl methyl sites for hydroxylation is 3. The Hall–Kier alpha value is -2.28. The summed E-state index contributed by atoms with van der Waals surface area (Å²) < 4.78 is 47.9. The van der Waals surface area contributed by atoms with E-state index in [1.54, 1.807) is 6.20 Å². The lowest BCUT2D eigenvalue weighted by Gasteiger charge is -2.16. The zero-order chi connectivity index (χ0) is 25.5. The average molecular weight is 526 g/mol. The molecule has 0 fully saturated rings. The first-order valence-electron chi connectivity index (χ1n) is 10.7. The minimum Gasteiger partial charge on any atom is -0.480 e. The summed E-state index contributed by atoms with van der Waals surface area (Å²) in [4.78, 5) is 8.02. The molecule has 0 bridgehead atoms. The van der Waals surface area contributed by atoms with E-state index in [-0.39, 0.29) is 21.5 Å². The summed E-state index contributed by atoms with van der Waals surface area (Å²) in [7, 11) is -0.338. The molecule has 6 nitrogen and oxygen atoms in total. The van der Waals surface area contributed by atoms with E-state index in [4.69, 9.17) is 16.3 Å². The molecule has 184 valence electrons. The van der Waals surface area contributed by atoms with Crippen LogP contribution >= 0.6 is 20.8 Å². The van der Waals surface area contributed by atoms with Crippen LogP contribution in [-0.2, 0) is 22.9 Å². The molecule has 3 aromatic rings. The van der Waals surface area contributed by atoms with E-state index in [1.807, 2.05) is 19.9 Å². The first kappa shape index (κ1) is 28.0. The van der Waals surface area contributed by atoms with Gasteiger partial charge in [0.2, 0.25) is 5.88 Å². The molecule has 0 saturated carbocycles. The molecule has 0 radical (unpaired) electrons. The number of methoxy groups -OCH3 is 1. The van der Waals surface area contributed by atoms with Crippen molar-refractivity contribution >= 4 is 41.9 Å². The minimum absolute atomic E-state index is 0.0909. The van der Waals surface area contributed by atoms with Crippen molar-refractivity contribution in [1.29, 1.82) is 0 Å². The lowest BCUT2D eigenvalue weighted by Crippen LogP contribution is -2.20. The Kier molecular flexibility index (Phi) is 10.2. The largest absolute Gasteiger partial charge is 0.480 e. The van der Waals surface area contributed by atoms with E-state index >= 15 is 0 Å². The fourth-order valence-electron chi connectivity index (χ4n) is 3.04. The van der Waals surface area contributed by atoms with Gasteiger partial charge in [0.25, 0.3) is 10.0 Å². The van der Waals surface area contributed by atoms with Crippen molar-refractivity contribution in [3.63, 3.8) is 0 Å². The minimum atomic E-state index is -4.08. The second-order valence-electron chi connectivity index (χ2n) is 7.71. The van der Waals surface area contributed by atoms with Crippen LogP contribution in [0.2, 0.25) is 5.02 Å². The number of sulfonamides is 1. The van der Waals surface area contributed by atoms with Crippen LogP contribution in [0.1, 0.15) is 42.7 Å². The van der Waals surface area contributed by atoms with Gasteiger partial charge in [-0.25, -0.2) is 17.8 Å². The maximum absolute atomic E-state index is 14.6. The van der Waals surface area contributed by atoms with E-state index in [0.717, 1.165) is 16.8 Å². The van der Waals surface area contributed by atoms with E-state index in [1.165, 1.54) is 37.9 Å². The zero-order valence-corrected chi connectivity index (χ0v) is 22.7. The summed E-state index contributed by atoms with van der Waals surface area (Å²) in [6.07, 6.45) is 5.26. The number of aromatic nitrogens is 2. The highest BCUT2D eigenvalue weighted by Gasteiger charge is 2.23. The van der Waals surface area contributed by atoms with Gasteiger partial charge in [0, 0.05) is 18.1 Å². The van der Waals surface area contributed by atoms with Crippen LogP contribution in [0.5, 0.6) is 5.88 Å². The number of nitrogens with zero attached hydrogens (tertiary/aromatic N) is 2. The number of nitrogens with one attached hydrogen (secondary N) is 1. The number of hydrogen-bond donors (Lipinski definition) is 1. The Bertz CT molecular complexity index is 1260. The fraction of sp³-hybridized carbons (Fsp3) is 0.333. The molecule has 2 aromatic heterocycles. The van der Waals surface area contributed by atoms with Gasteiger partial charge in [-0.3, -0.25) is 9.71 Å². The number of pyridine rings is 2. The molecular formula is C24H30ClFN3O3PS. The number of halogens is 2. The summed E-state index contributed by atoms with van der Waals surface area (Å²) in [5.74, 6) is -0.501. The SMILES string of the molecule is CCC.COc1ncc(Cl)cc1S(=O)(=O)Nc1ccc(F)c(CCc2cnc(C)c(C)c2)c1P. The van der Waals surface area contributed by atoms with E-state index in [0.29, 0.717) is 23.7 Å². The molecule has 2 heterocycles. The molecule has 0 amide bonds. The maximum Gasteiger partial charge on any atom is 0.267 e. The number of benzene rings is 1. The molecule has 0 aliphatic heterocycles. The summed E-state index contributed by atoms with van der Waals surface area (Å²) in [6.45, 7) is 8.15. The normalized spacial score (nSPS) is 10.9. The van der Waals surface area contributed by atoms with Crippen molar-refractivity contribution in [1.82, 2.24) is 9.97 Å². The Labute approximate surface area is 208 Å². The zero-order valence-electron chi connectivity index (χ0n) is 19.9.